The molecule has 1 amide bonds. The molecule has 4 aliphatic rings. The Morgan fingerprint density at radius 3 is 1.90 bits per heavy atom. The minimum atomic E-state index is -2.52. The summed E-state index contributed by atoms with van der Waals surface area (Å²) in [6, 6.07) is 22.5. The van der Waals surface area contributed by atoms with Crippen LogP contribution >= 0.6 is 0 Å². The summed E-state index contributed by atoms with van der Waals surface area (Å²) in [6.07, 6.45) is -10.7. The molecule has 3 aromatic rings. The summed E-state index contributed by atoms with van der Waals surface area (Å²) in [4.78, 5) is 83.5. The standard InChI is InChI=1S/C47H51NO15/c1-25-31(61-42(56)35(52)34(28-16-10-7-11-17-28)48-40(54)29-18-12-8-13-19-29)22-45(57)39(62-41(55)30-20-14-9-15-21-30)37-44(6,38(53)36(60-26(2)49)33(25)43(45,4)5)32(51)23-47(58)46(37,24-59-47)63-27(3)50/h7-21,31-32,34-37,39,51-52,57-58H,22-24H2,1-6H3,(H,48,54)/t31-,32-,34-,35+,36+,37?,39-,44+,45+,46+,47-/m0/s1. The highest BCUT2D eigenvalue weighted by Gasteiger charge is 2.82. The van der Waals surface area contributed by atoms with Crippen molar-refractivity contribution in [2.24, 2.45) is 16.7 Å². The Morgan fingerprint density at radius 2 is 1.37 bits per heavy atom. The Labute approximate surface area is 363 Å². The van der Waals surface area contributed by atoms with Crippen molar-refractivity contribution < 1.29 is 72.9 Å². The van der Waals surface area contributed by atoms with Gasteiger partial charge in [0.05, 0.1) is 35.6 Å². The second-order valence-corrected chi connectivity index (χ2v) is 17.5. The fourth-order valence-corrected chi connectivity index (χ4v) is 10.2. The maximum absolute atomic E-state index is 15.5. The van der Waals surface area contributed by atoms with E-state index in [0.29, 0.717) is 5.56 Å². The Kier molecular flexibility index (Phi) is 11.8. The van der Waals surface area contributed by atoms with Crippen LogP contribution in [0.2, 0.25) is 0 Å². The maximum Gasteiger partial charge on any atom is 0.338 e. The molecule has 3 aliphatic carbocycles. The largest absolute Gasteiger partial charge is 0.456 e. The zero-order chi connectivity index (χ0) is 45.9. The molecule has 16 nitrogen and oxygen atoms in total. The quantitative estimate of drug-likeness (QED) is 0.112. The normalized spacial score (nSPS) is 32.7. The topological polar surface area (TPSA) is 242 Å². The van der Waals surface area contributed by atoms with E-state index in [2.05, 4.69) is 5.32 Å². The average molecular weight is 870 g/mol. The molecule has 0 radical (unpaired) electrons. The molecule has 63 heavy (non-hydrogen) atoms. The lowest BCUT2D eigenvalue weighted by Crippen LogP contribution is -2.86. The number of ether oxygens (including phenoxy) is 5. The van der Waals surface area contributed by atoms with Crippen molar-refractivity contribution in [1.82, 2.24) is 5.32 Å². The first-order chi connectivity index (χ1) is 29.6. The van der Waals surface area contributed by atoms with E-state index in [1.54, 1.807) is 78.9 Å². The van der Waals surface area contributed by atoms with Gasteiger partial charge in [0, 0.05) is 37.7 Å². The van der Waals surface area contributed by atoms with Gasteiger partial charge in [0.1, 0.15) is 17.8 Å². The van der Waals surface area contributed by atoms with E-state index in [-0.39, 0.29) is 22.3 Å². The summed E-state index contributed by atoms with van der Waals surface area (Å²) in [5, 5.41) is 52.3. The van der Waals surface area contributed by atoms with Gasteiger partial charge in [-0.25, -0.2) is 9.59 Å². The molecule has 2 bridgehead atoms. The van der Waals surface area contributed by atoms with Crippen LogP contribution in [0.1, 0.15) is 86.7 Å². The zero-order valence-electron chi connectivity index (χ0n) is 35.6. The van der Waals surface area contributed by atoms with Gasteiger partial charge in [0.25, 0.3) is 5.91 Å². The Balaban J connectivity index is 1.40. The predicted molar refractivity (Wildman–Crippen MR) is 219 cm³/mol. The summed E-state index contributed by atoms with van der Waals surface area (Å²) >= 11 is 0. The molecule has 1 heterocycles. The van der Waals surface area contributed by atoms with E-state index < -0.39 is 125 Å². The molecule has 7 rings (SSSR count). The van der Waals surface area contributed by atoms with Gasteiger partial charge in [0.15, 0.2) is 23.6 Å². The molecule has 1 aliphatic heterocycles. The van der Waals surface area contributed by atoms with Gasteiger partial charge in [-0.2, -0.15) is 0 Å². The molecule has 5 N–H and O–H groups in total. The van der Waals surface area contributed by atoms with Crippen molar-refractivity contribution in [3.05, 3.63) is 119 Å². The summed E-state index contributed by atoms with van der Waals surface area (Å²) in [7, 11) is 0. The number of Topliss-reactive ketones (excluding diaryl/α,β-unsaturated/α-hetero) is 1. The minimum Gasteiger partial charge on any atom is -0.456 e. The van der Waals surface area contributed by atoms with Crippen molar-refractivity contribution in [3.8, 4) is 0 Å². The predicted octanol–water partition coefficient (Wildman–Crippen LogP) is 3.06. The number of esters is 4. The second kappa shape index (κ2) is 16.4. The smallest absolute Gasteiger partial charge is 0.338 e. The third-order valence-electron chi connectivity index (χ3n) is 13.6. The number of fused-ring (bicyclic) bond motifs is 5. The van der Waals surface area contributed by atoms with Crippen LogP contribution in [0, 0.1) is 16.7 Å². The van der Waals surface area contributed by atoms with Gasteiger partial charge in [-0.3, -0.25) is 19.2 Å². The maximum atomic E-state index is 15.5. The molecule has 2 saturated carbocycles. The lowest BCUT2D eigenvalue weighted by molar-refractivity contribution is -0.453. The summed E-state index contributed by atoms with van der Waals surface area (Å²) in [6.45, 7) is 7.29. The summed E-state index contributed by atoms with van der Waals surface area (Å²) < 4.78 is 29.7. The number of carbonyl (C=O) groups is 6. The molecule has 3 fully saturated rings. The third kappa shape index (κ3) is 7.32. The van der Waals surface area contributed by atoms with Crippen LogP contribution in [0.4, 0.5) is 0 Å². The lowest BCUT2D eigenvalue weighted by atomic mass is 9.44. The Bertz CT molecular complexity index is 2340. The van der Waals surface area contributed by atoms with Crippen LogP contribution in [-0.2, 0) is 42.9 Å². The number of carbonyl (C=O) groups excluding carboxylic acids is 6. The Hall–Kier alpha value is -5.78. The number of nitrogens with one attached hydrogen (secondary N) is 1. The van der Waals surface area contributed by atoms with Gasteiger partial charge in [-0.05, 0) is 54.8 Å². The van der Waals surface area contributed by atoms with Gasteiger partial charge < -0.3 is 49.4 Å². The van der Waals surface area contributed by atoms with Crippen LogP contribution in [-0.4, -0.2) is 110 Å². The zero-order valence-corrected chi connectivity index (χ0v) is 35.6. The monoisotopic (exact) mass is 869 g/mol. The van der Waals surface area contributed by atoms with Crippen LogP contribution in [0.25, 0.3) is 0 Å². The molecule has 0 aromatic heterocycles. The van der Waals surface area contributed by atoms with Gasteiger partial charge in [-0.1, -0.05) is 80.6 Å². The van der Waals surface area contributed by atoms with Crippen LogP contribution < -0.4 is 5.32 Å². The molecule has 334 valence electrons. The first-order valence-corrected chi connectivity index (χ1v) is 20.6. The number of benzene rings is 3. The number of hydrogen-bond acceptors (Lipinski definition) is 15. The van der Waals surface area contributed by atoms with Gasteiger partial charge in [0.2, 0.25) is 5.79 Å². The van der Waals surface area contributed by atoms with Gasteiger partial charge >= 0.3 is 23.9 Å². The molecular formula is C47H51NO15. The fraction of sp³-hybridized carbons (Fsp3) is 0.447. The average Bonchev–Trinajstić information content (AvgIpc) is 3.25. The minimum absolute atomic E-state index is 0.00293. The van der Waals surface area contributed by atoms with E-state index in [1.165, 1.54) is 39.8 Å². The molecule has 1 unspecified atom stereocenters. The summed E-state index contributed by atoms with van der Waals surface area (Å²) in [5.41, 5.74) is -8.16. The number of aliphatic hydroxyl groups is 4. The highest BCUT2D eigenvalue weighted by molar-refractivity contribution is 5.96. The third-order valence-corrected chi connectivity index (χ3v) is 13.6. The molecular weight excluding hydrogens is 819 g/mol. The van der Waals surface area contributed by atoms with E-state index in [1.807, 2.05) is 0 Å². The number of aliphatic hydroxyl groups excluding tert-OH is 2. The van der Waals surface area contributed by atoms with Crippen molar-refractivity contribution in [1.29, 1.82) is 0 Å². The fourth-order valence-electron chi connectivity index (χ4n) is 10.2. The highest BCUT2D eigenvalue weighted by Crippen LogP contribution is 2.66. The molecule has 16 heteroatoms. The van der Waals surface area contributed by atoms with E-state index in [0.717, 1.165) is 13.8 Å². The van der Waals surface area contributed by atoms with E-state index >= 15 is 4.79 Å². The molecule has 11 atom stereocenters. The number of rotatable bonds is 10. The number of hydrogen-bond donors (Lipinski definition) is 5. The Morgan fingerprint density at radius 1 is 0.794 bits per heavy atom. The van der Waals surface area contributed by atoms with Crippen LogP contribution in [0.5, 0.6) is 0 Å². The highest BCUT2D eigenvalue weighted by atomic mass is 16.7. The second-order valence-electron chi connectivity index (χ2n) is 17.5. The number of amides is 1. The first-order valence-electron chi connectivity index (χ1n) is 20.6. The lowest BCUT2D eigenvalue weighted by Gasteiger charge is -2.69. The van der Waals surface area contributed by atoms with Gasteiger partial charge in [-0.15, -0.1) is 0 Å². The SMILES string of the molecule is CC(=O)O[C@H]1C(=O)[C@@]2(C)C([C@H](OC(=O)c3ccccc3)[C@]3(O)C[C@H](OC(=O)[C@H](O)[C@@H](NC(=O)c4ccccc4)c4ccccc4)C(C)=C1C3(C)C)[C@]1(OC(C)=O)CO[C@@]1(O)C[C@@H]2O. The van der Waals surface area contributed by atoms with E-state index in [9.17, 15) is 44.4 Å². The summed E-state index contributed by atoms with van der Waals surface area (Å²) in [5.74, 6) is -10.1. The molecule has 1 saturated heterocycles. The van der Waals surface area contributed by atoms with Crippen LogP contribution in [0.15, 0.2) is 102 Å². The molecule has 3 aromatic carbocycles. The first kappa shape index (κ1) is 45.3. The van der Waals surface area contributed by atoms with Crippen molar-refractivity contribution in [2.75, 3.05) is 6.61 Å². The van der Waals surface area contributed by atoms with Crippen LogP contribution in [0.3, 0.4) is 0 Å². The van der Waals surface area contributed by atoms with Crippen molar-refractivity contribution in [3.63, 3.8) is 0 Å². The van der Waals surface area contributed by atoms with E-state index in [4.69, 9.17) is 23.7 Å². The number of ketones is 1. The molecule has 0 spiro atoms. The van der Waals surface area contributed by atoms with Crippen molar-refractivity contribution >= 4 is 35.6 Å². The van der Waals surface area contributed by atoms with Crippen molar-refractivity contribution in [2.45, 2.75) is 108 Å².